The van der Waals surface area contributed by atoms with Gasteiger partial charge in [0.2, 0.25) is 0 Å². The normalized spacial score (nSPS) is 13.3. The van der Waals surface area contributed by atoms with Crippen molar-refractivity contribution >= 4 is 15.9 Å². The van der Waals surface area contributed by atoms with E-state index < -0.39 is 0 Å². The molecule has 11 heavy (non-hydrogen) atoms. The summed E-state index contributed by atoms with van der Waals surface area (Å²) in [6, 6.07) is 0. The molecule has 62 valence electrons. The lowest BCUT2D eigenvalue weighted by Crippen LogP contribution is -2.03. The van der Waals surface area contributed by atoms with Crippen LogP contribution in [-0.2, 0) is 6.42 Å². The number of alkyl halides is 1. The quantitative estimate of drug-likeness (QED) is 0.776. The third kappa shape index (κ3) is 2.96. The predicted molar refractivity (Wildman–Crippen MR) is 45.5 cm³/mol. The first-order valence-electron chi connectivity index (χ1n) is 3.69. The number of nitrogens with zero attached hydrogens (tertiary/aromatic N) is 3. The first kappa shape index (κ1) is 8.64. The van der Waals surface area contributed by atoms with Crippen molar-refractivity contribution < 1.29 is 0 Å². The van der Waals surface area contributed by atoms with E-state index in [0.717, 1.165) is 18.7 Å². The zero-order chi connectivity index (χ0) is 8.10. The molecule has 0 amide bonds. The monoisotopic (exact) mass is 218 g/mol. The number of aromatic nitrogens is 4. The predicted octanol–water partition coefficient (Wildman–Crippen LogP) is 1.31. The molecule has 1 unspecified atom stereocenters. The van der Waals surface area contributed by atoms with Crippen LogP contribution in [0.3, 0.4) is 0 Å². The summed E-state index contributed by atoms with van der Waals surface area (Å²) in [6.45, 7) is 2.16. The van der Waals surface area contributed by atoms with Gasteiger partial charge < -0.3 is 0 Å². The number of nitrogens with one attached hydrogen (secondary N) is 1. The lowest BCUT2D eigenvalue weighted by molar-refractivity contribution is 0.720. The molecule has 5 heteroatoms. The Labute approximate surface area is 73.9 Å². The molecule has 0 saturated carbocycles. The van der Waals surface area contributed by atoms with Crippen LogP contribution in [0.2, 0.25) is 0 Å². The van der Waals surface area contributed by atoms with Crippen LogP contribution in [-0.4, -0.2) is 25.5 Å². The molecule has 0 aliphatic heterocycles. The molecule has 0 saturated heterocycles. The highest BCUT2D eigenvalue weighted by atomic mass is 79.9. The Balaban J connectivity index is 2.31. The minimum absolute atomic E-state index is 0.477. The number of H-pyrrole nitrogens is 1. The van der Waals surface area contributed by atoms with Crippen LogP contribution >= 0.6 is 15.9 Å². The maximum absolute atomic E-state index is 3.86. The second-order valence-corrected chi connectivity index (χ2v) is 3.71. The minimum Gasteiger partial charge on any atom is -0.177 e. The third-order valence-electron chi connectivity index (χ3n) is 1.40. The van der Waals surface area contributed by atoms with Gasteiger partial charge in [-0.3, -0.25) is 0 Å². The summed E-state index contributed by atoms with van der Waals surface area (Å²) in [5.74, 6) is 0.778. The van der Waals surface area contributed by atoms with Gasteiger partial charge in [0.1, 0.15) is 0 Å². The number of hydrogen-bond acceptors (Lipinski definition) is 3. The van der Waals surface area contributed by atoms with Gasteiger partial charge in [-0.05, 0) is 6.42 Å². The number of halogens is 1. The van der Waals surface area contributed by atoms with Crippen molar-refractivity contribution in [3.8, 4) is 0 Å². The van der Waals surface area contributed by atoms with Gasteiger partial charge in [-0.2, -0.15) is 5.21 Å². The number of hydrogen-bond donors (Lipinski definition) is 1. The Kier molecular flexibility index (Phi) is 3.48. The van der Waals surface area contributed by atoms with Gasteiger partial charge >= 0.3 is 0 Å². The molecule has 1 rings (SSSR count). The van der Waals surface area contributed by atoms with Crippen molar-refractivity contribution in [3.63, 3.8) is 0 Å². The Hall–Kier alpha value is -0.450. The molecule has 1 aromatic heterocycles. The maximum atomic E-state index is 3.86. The van der Waals surface area contributed by atoms with E-state index in [1.54, 1.807) is 0 Å². The molecule has 0 bridgehead atoms. The van der Waals surface area contributed by atoms with Crippen LogP contribution < -0.4 is 0 Å². The Morgan fingerprint density at radius 3 is 3.00 bits per heavy atom. The number of rotatable bonds is 4. The molecule has 0 fully saturated rings. The Morgan fingerprint density at radius 2 is 2.45 bits per heavy atom. The summed E-state index contributed by atoms with van der Waals surface area (Å²) < 4.78 is 0. The van der Waals surface area contributed by atoms with E-state index in [2.05, 4.69) is 43.5 Å². The van der Waals surface area contributed by atoms with Crippen LogP contribution in [0.5, 0.6) is 0 Å². The first-order valence-corrected chi connectivity index (χ1v) is 4.61. The Bertz CT molecular complexity index is 186. The average Bonchev–Trinajstić information content (AvgIpc) is 2.40. The van der Waals surface area contributed by atoms with Crippen molar-refractivity contribution in [2.24, 2.45) is 0 Å². The van der Waals surface area contributed by atoms with E-state index in [1.165, 1.54) is 6.42 Å². The molecule has 0 aliphatic carbocycles. The van der Waals surface area contributed by atoms with Gasteiger partial charge in [0.05, 0.1) is 0 Å². The van der Waals surface area contributed by atoms with Gasteiger partial charge in [0.15, 0.2) is 5.82 Å². The summed E-state index contributed by atoms with van der Waals surface area (Å²) >= 11 is 3.54. The molecule has 4 nitrogen and oxygen atoms in total. The van der Waals surface area contributed by atoms with Gasteiger partial charge in [-0.1, -0.05) is 34.5 Å². The second-order valence-electron chi connectivity index (χ2n) is 2.42. The highest BCUT2D eigenvalue weighted by Gasteiger charge is 2.06. The van der Waals surface area contributed by atoms with E-state index in [9.17, 15) is 0 Å². The highest BCUT2D eigenvalue weighted by molar-refractivity contribution is 9.09. The van der Waals surface area contributed by atoms with Gasteiger partial charge in [-0.15, -0.1) is 10.2 Å². The topological polar surface area (TPSA) is 54.5 Å². The smallest absolute Gasteiger partial charge is 0.175 e. The first-order chi connectivity index (χ1) is 5.33. The standard InChI is InChI=1S/C6H11BrN4/c1-2-3-5(7)4-6-8-10-11-9-6/h5H,2-4H2,1H3,(H,8,9,10,11). The summed E-state index contributed by atoms with van der Waals surface area (Å²) in [7, 11) is 0. The van der Waals surface area contributed by atoms with E-state index in [1.807, 2.05) is 0 Å². The maximum Gasteiger partial charge on any atom is 0.175 e. The van der Waals surface area contributed by atoms with Crippen molar-refractivity contribution in [3.05, 3.63) is 5.82 Å². The summed E-state index contributed by atoms with van der Waals surface area (Å²) in [5.41, 5.74) is 0. The zero-order valence-electron chi connectivity index (χ0n) is 6.42. The van der Waals surface area contributed by atoms with Gasteiger partial charge in [0.25, 0.3) is 0 Å². The fourth-order valence-corrected chi connectivity index (χ4v) is 1.63. The van der Waals surface area contributed by atoms with Gasteiger partial charge in [0, 0.05) is 11.2 Å². The average molecular weight is 219 g/mol. The second kappa shape index (κ2) is 4.43. The van der Waals surface area contributed by atoms with E-state index in [-0.39, 0.29) is 0 Å². The van der Waals surface area contributed by atoms with E-state index >= 15 is 0 Å². The number of tetrazole rings is 1. The van der Waals surface area contributed by atoms with Crippen LogP contribution in [0.4, 0.5) is 0 Å². The van der Waals surface area contributed by atoms with Crippen molar-refractivity contribution in [2.75, 3.05) is 0 Å². The lowest BCUT2D eigenvalue weighted by atomic mass is 10.2. The summed E-state index contributed by atoms with van der Waals surface area (Å²) in [4.78, 5) is 0.477. The molecule has 1 heterocycles. The van der Waals surface area contributed by atoms with E-state index in [4.69, 9.17) is 0 Å². The highest BCUT2D eigenvalue weighted by Crippen LogP contribution is 2.11. The van der Waals surface area contributed by atoms with Crippen molar-refractivity contribution in [1.82, 2.24) is 20.6 Å². The number of aromatic amines is 1. The molecule has 0 radical (unpaired) electrons. The Morgan fingerprint density at radius 1 is 1.64 bits per heavy atom. The van der Waals surface area contributed by atoms with Crippen LogP contribution in [0, 0.1) is 0 Å². The molecule has 0 spiro atoms. The lowest BCUT2D eigenvalue weighted by Gasteiger charge is -2.02. The van der Waals surface area contributed by atoms with Crippen LogP contribution in [0.1, 0.15) is 25.6 Å². The summed E-state index contributed by atoms with van der Waals surface area (Å²) in [5, 5.41) is 13.6. The molecule has 1 atom stereocenters. The molecule has 0 aliphatic rings. The van der Waals surface area contributed by atoms with E-state index in [0.29, 0.717) is 4.83 Å². The van der Waals surface area contributed by atoms with Crippen molar-refractivity contribution in [1.29, 1.82) is 0 Å². The van der Waals surface area contributed by atoms with Crippen LogP contribution in [0.15, 0.2) is 0 Å². The summed E-state index contributed by atoms with van der Waals surface area (Å²) in [6.07, 6.45) is 3.17. The third-order valence-corrected chi connectivity index (χ3v) is 2.18. The fraction of sp³-hybridized carbons (Fsp3) is 0.833. The van der Waals surface area contributed by atoms with Gasteiger partial charge in [-0.25, -0.2) is 0 Å². The molecule has 1 N–H and O–H groups in total. The molecular formula is C6H11BrN4. The SMILES string of the molecule is CCCC(Br)Cc1nn[nH]n1. The van der Waals surface area contributed by atoms with Crippen molar-refractivity contribution in [2.45, 2.75) is 31.0 Å². The minimum atomic E-state index is 0.477. The molecular weight excluding hydrogens is 208 g/mol. The zero-order valence-corrected chi connectivity index (χ0v) is 8.00. The fourth-order valence-electron chi connectivity index (χ4n) is 0.882. The van der Waals surface area contributed by atoms with Crippen LogP contribution in [0.25, 0.3) is 0 Å². The molecule has 0 aromatic carbocycles. The largest absolute Gasteiger partial charge is 0.177 e. The molecule has 1 aromatic rings.